The molecule has 1 heterocycles. The summed E-state index contributed by atoms with van der Waals surface area (Å²) in [5.41, 5.74) is 1.96. The van der Waals surface area contributed by atoms with Gasteiger partial charge in [0.1, 0.15) is 6.61 Å². The molecule has 0 aliphatic carbocycles. The molecule has 0 atom stereocenters. The smallest absolute Gasteiger partial charge is 0.293 e. The Morgan fingerprint density at radius 1 is 1.35 bits per heavy atom. The summed E-state index contributed by atoms with van der Waals surface area (Å²) in [4.78, 5) is 16.1. The number of nitrogens with zero attached hydrogens (tertiary/aromatic N) is 1. The van der Waals surface area contributed by atoms with Crippen molar-refractivity contribution >= 4 is 11.6 Å². The van der Waals surface area contributed by atoms with Gasteiger partial charge in [-0.05, 0) is 31.2 Å². The fourth-order valence-electron chi connectivity index (χ4n) is 1.71. The quantitative estimate of drug-likeness (QED) is 0.817. The van der Waals surface area contributed by atoms with Gasteiger partial charge in [0.25, 0.3) is 5.91 Å². The average Bonchev–Trinajstić information content (AvgIpc) is 2.77. The molecule has 2 N–H and O–H groups in total. The molecule has 0 unspecified atom stereocenters. The summed E-state index contributed by atoms with van der Waals surface area (Å²) >= 11 is 0. The lowest BCUT2D eigenvalue weighted by Crippen LogP contribution is -2.12. The predicted molar refractivity (Wildman–Crippen MR) is 74.3 cm³/mol. The van der Waals surface area contributed by atoms with Crippen LogP contribution in [-0.4, -0.2) is 22.6 Å². The number of hydrogen-bond donors (Lipinski definition) is 2. The van der Waals surface area contributed by atoms with Gasteiger partial charge in [0, 0.05) is 18.2 Å². The number of aromatic nitrogens is 1. The first kappa shape index (κ1) is 13.8. The second-order valence-corrected chi connectivity index (χ2v) is 4.14. The molecule has 0 saturated carbocycles. The highest BCUT2D eigenvalue weighted by atomic mass is 16.4. The molecular weight excluding hydrogens is 256 g/mol. The van der Waals surface area contributed by atoms with Crippen LogP contribution in [0, 0.1) is 25.7 Å². The molecule has 1 aromatic heterocycles. The van der Waals surface area contributed by atoms with E-state index in [1.807, 2.05) is 0 Å². The molecule has 2 rings (SSSR count). The Balaban J connectivity index is 2.10. The van der Waals surface area contributed by atoms with Crippen molar-refractivity contribution < 1.29 is 14.3 Å². The minimum absolute atomic E-state index is 0.178. The number of carbonyl (C=O) groups excluding carboxylic acids is 1. The van der Waals surface area contributed by atoms with Gasteiger partial charge in [0.05, 0.1) is 5.69 Å². The number of carbonyl (C=O) groups is 1. The minimum atomic E-state index is -0.336. The number of rotatable bonds is 2. The van der Waals surface area contributed by atoms with Crippen LogP contribution in [-0.2, 0) is 0 Å². The summed E-state index contributed by atoms with van der Waals surface area (Å²) in [7, 11) is 0. The summed E-state index contributed by atoms with van der Waals surface area (Å²) in [6, 6.07) is 6.99. The summed E-state index contributed by atoms with van der Waals surface area (Å²) in [5.74, 6) is 5.67. The lowest BCUT2D eigenvalue weighted by atomic mass is 10.2. The van der Waals surface area contributed by atoms with E-state index in [1.165, 1.54) is 0 Å². The SMILES string of the molecule is Cc1nc(C)c(C(=O)Nc2ccc(C#CCO)cc2)o1. The van der Waals surface area contributed by atoms with Crippen molar-refractivity contribution in [3.05, 3.63) is 47.2 Å². The van der Waals surface area contributed by atoms with Crippen molar-refractivity contribution in [1.29, 1.82) is 0 Å². The third-order valence-electron chi connectivity index (χ3n) is 2.56. The number of aliphatic hydroxyl groups is 1. The predicted octanol–water partition coefficient (Wildman–Crippen LogP) is 1.89. The Labute approximate surface area is 116 Å². The van der Waals surface area contributed by atoms with Gasteiger partial charge in [-0.25, -0.2) is 4.98 Å². The molecular formula is C15H14N2O3. The maximum atomic E-state index is 12.0. The number of oxazole rings is 1. The van der Waals surface area contributed by atoms with Gasteiger partial charge in [-0.2, -0.15) is 0 Å². The fraction of sp³-hybridized carbons (Fsp3) is 0.200. The number of amides is 1. The summed E-state index contributed by atoms with van der Waals surface area (Å²) in [6.07, 6.45) is 0. The van der Waals surface area contributed by atoms with Crippen LogP contribution in [0.4, 0.5) is 5.69 Å². The maximum absolute atomic E-state index is 12.0. The standard InChI is InChI=1S/C15H14N2O3/c1-10-14(20-11(2)16-10)15(19)17-13-7-5-12(6-8-13)4-3-9-18/h5-8,18H,9H2,1-2H3,(H,17,19). The normalized spacial score (nSPS) is 9.75. The van der Waals surface area contributed by atoms with Gasteiger partial charge in [-0.1, -0.05) is 11.8 Å². The maximum Gasteiger partial charge on any atom is 0.293 e. The van der Waals surface area contributed by atoms with Crippen LogP contribution < -0.4 is 5.32 Å². The van der Waals surface area contributed by atoms with Crippen LogP contribution in [0.15, 0.2) is 28.7 Å². The van der Waals surface area contributed by atoms with Gasteiger partial charge in [-0.3, -0.25) is 4.79 Å². The zero-order valence-corrected chi connectivity index (χ0v) is 11.2. The monoisotopic (exact) mass is 270 g/mol. The average molecular weight is 270 g/mol. The molecule has 5 nitrogen and oxygen atoms in total. The fourth-order valence-corrected chi connectivity index (χ4v) is 1.71. The summed E-state index contributed by atoms with van der Waals surface area (Å²) in [6.45, 7) is 3.24. The number of anilines is 1. The lowest BCUT2D eigenvalue weighted by Gasteiger charge is -2.03. The Bertz CT molecular complexity index is 675. The van der Waals surface area contributed by atoms with Crippen LogP contribution >= 0.6 is 0 Å². The molecule has 1 aromatic carbocycles. The molecule has 20 heavy (non-hydrogen) atoms. The topological polar surface area (TPSA) is 75.4 Å². The molecule has 0 aliphatic rings. The van der Waals surface area contributed by atoms with E-state index in [0.717, 1.165) is 5.56 Å². The van der Waals surface area contributed by atoms with Crippen LogP contribution in [0.3, 0.4) is 0 Å². The largest absolute Gasteiger partial charge is 0.436 e. The van der Waals surface area contributed by atoms with E-state index >= 15 is 0 Å². The van der Waals surface area contributed by atoms with E-state index in [-0.39, 0.29) is 18.3 Å². The first-order valence-corrected chi connectivity index (χ1v) is 6.05. The highest BCUT2D eigenvalue weighted by molar-refractivity contribution is 6.02. The third-order valence-corrected chi connectivity index (χ3v) is 2.56. The zero-order valence-electron chi connectivity index (χ0n) is 11.2. The highest BCUT2D eigenvalue weighted by Gasteiger charge is 2.15. The number of aryl methyl sites for hydroxylation is 2. The molecule has 0 radical (unpaired) electrons. The van der Waals surface area contributed by atoms with E-state index in [9.17, 15) is 4.79 Å². The number of nitrogens with one attached hydrogen (secondary N) is 1. The number of benzene rings is 1. The number of hydrogen-bond acceptors (Lipinski definition) is 4. The van der Waals surface area contributed by atoms with Crippen LogP contribution in [0.2, 0.25) is 0 Å². The second-order valence-electron chi connectivity index (χ2n) is 4.14. The Morgan fingerprint density at radius 3 is 2.60 bits per heavy atom. The first-order valence-electron chi connectivity index (χ1n) is 6.05. The van der Waals surface area contributed by atoms with E-state index in [2.05, 4.69) is 22.1 Å². The van der Waals surface area contributed by atoms with Gasteiger partial charge in [0.15, 0.2) is 5.89 Å². The van der Waals surface area contributed by atoms with Crippen LogP contribution in [0.25, 0.3) is 0 Å². The van der Waals surface area contributed by atoms with Gasteiger partial charge < -0.3 is 14.8 Å². The van der Waals surface area contributed by atoms with E-state index in [1.54, 1.807) is 38.1 Å². The van der Waals surface area contributed by atoms with Crippen molar-refractivity contribution in [2.24, 2.45) is 0 Å². The lowest BCUT2D eigenvalue weighted by molar-refractivity contribution is 0.0994. The van der Waals surface area contributed by atoms with Crippen LogP contribution in [0.5, 0.6) is 0 Å². The second kappa shape index (κ2) is 6.04. The van der Waals surface area contributed by atoms with Gasteiger partial charge in [0.2, 0.25) is 5.76 Å². The summed E-state index contributed by atoms with van der Waals surface area (Å²) < 4.78 is 5.25. The summed E-state index contributed by atoms with van der Waals surface area (Å²) in [5, 5.41) is 11.3. The van der Waals surface area contributed by atoms with Crippen LogP contribution in [0.1, 0.15) is 27.7 Å². The van der Waals surface area contributed by atoms with Gasteiger partial charge >= 0.3 is 0 Å². The molecule has 0 aliphatic heterocycles. The molecule has 0 saturated heterocycles. The van der Waals surface area contributed by atoms with Crippen molar-refractivity contribution in [3.8, 4) is 11.8 Å². The molecule has 0 bridgehead atoms. The molecule has 0 spiro atoms. The Kier molecular flexibility index (Phi) is 4.18. The van der Waals surface area contributed by atoms with E-state index in [0.29, 0.717) is 17.3 Å². The van der Waals surface area contributed by atoms with Crippen molar-refractivity contribution in [2.45, 2.75) is 13.8 Å². The third kappa shape index (κ3) is 3.25. The molecule has 1 amide bonds. The van der Waals surface area contributed by atoms with E-state index in [4.69, 9.17) is 9.52 Å². The Hall–Kier alpha value is -2.58. The molecule has 2 aromatic rings. The van der Waals surface area contributed by atoms with E-state index < -0.39 is 0 Å². The molecule has 5 heteroatoms. The van der Waals surface area contributed by atoms with Crippen molar-refractivity contribution in [1.82, 2.24) is 4.98 Å². The van der Waals surface area contributed by atoms with Crippen molar-refractivity contribution in [3.63, 3.8) is 0 Å². The molecule has 0 fully saturated rings. The minimum Gasteiger partial charge on any atom is -0.436 e. The highest BCUT2D eigenvalue weighted by Crippen LogP contribution is 2.14. The Morgan fingerprint density at radius 2 is 2.05 bits per heavy atom. The first-order chi connectivity index (χ1) is 9.60. The zero-order chi connectivity index (χ0) is 14.5. The van der Waals surface area contributed by atoms with Crippen molar-refractivity contribution in [2.75, 3.05) is 11.9 Å². The number of aliphatic hydroxyl groups excluding tert-OH is 1. The van der Waals surface area contributed by atoms with Gasteiger partial charge in [-0.15, -0.1) is 0 Å². The molecule has 102 valence electrons.